The molecule has 0 saturated carbocycles. The van der Waals surface area contributed by atoms with E-state index in [4.69, 9.17) is 20.7 Å². The fraction of sp³-hybridized carbons (Fsp3) is 0.474. The molecule has 29 heavy (non-hydrogen) atoms. The normalized spacial score (nSPS) is 16.0. The van der Waals surface area contributed by atoms with Gasteiger partial charge in [0, 0.05) is 6.42 Å². The third kappa shape index (κ3) is 10.1. The number of benzene rings is 1. The Kier molecular flexibility index (Phi) is 10.8. The number of aliphatic carboxylic acids is 2. The Morgan fingerprint density at radius 1 is 1.21 bits per heavy atom. The average molecular weight is 409 g/mol. The molecule has 0 radical (unpaired) electrons. The second-order valence-electron chi connectivity index (χ2n) is 6.38. The highest BCUT2D eigenvalue weighted by Gasteiger charge is 2.26. The highest BCUT2D eigenvalue weighted by molar-refractivity contribution is 5.87. The Hall–Kier alpha value is -3.14. The predicted molar refractivity (Wildman–Crippen MR) is 103 cm³/mol. The second kappa shape index (κ2) is 13.1. The maximum absolute atomic E-state index is 11.5. The topological polar surface area (TPSA) is 168 Å². The van der Waals surface area contributed by atoms with Gasteiger partial charge in [0.1, 0.15) is 18.7 Å². The van der Waals surface area contributed by atoms with Gasteiger partial charge >= 0.3 is 18.0 Å². The van der Waals surface area contributed by atoms with Crippen molar-refractivity contribution in [2.45, 2.75) is 50.8 Å². The molecule has 160 valence electrons. The SMILES string of the molecule is NCCCCC(NC(=O)OCc1ccccc1)C(=O)O.O=C1CC[C@@H](C(=O)O)N1. The van der Waals surface area contributed by atoms with Crippen molar-refractivity contribution in [2.75, 3.05) is 6.54 Å². The van der Waals surface area contributed by atoms with Crippen LogP contribution >= 0.6 is 0 Å². The summed E-state index contributed by atoms with van der Waals surface area (Å²) in [5.74, 6) is -2.18. The molecule has 2 amide bonds. The lowest BCUT2D eigenvalue weighted by Crippen LogP contribution is -2.41. The molecule has 0 aromatic heterocycles. The third-order valence-electron chi connectivity index (χ3n) is 4.04. The van der Waals surface area contributed by atoms with Gasteiger partial charge in [0.25, 0.3) is 0 Å². The highest BCUT2D eigenvalue weighted by Crippen LogP contribution is 2.05. The van der Waals surface area contributed by atoms with Crippen molar-refractivity contribution in [3.63, 3.8) is 0 Å². The number of alkyl carbamates (subject to hydrolysis) is 1. The lowest BCUT2D eigenvalue weighted by atomic mass is 10.1. The number of nitrogens with two attached hydrogens (primary N) is 1. The Morgan fingerprint density at radius 3 is 2.38 bits per heavy atom. The van der Waals surface area contributed by atoms with E-state index in [9.17, 15) is 19.2 Å². The molecular weight excluding hydrogens is 382 g/mol. The summed E-state index contributed by atoms with van der Waals surface area (Å²) in [5.41, 5.74) is 6.19. The van der Waals surface area contributed by atoms with E-state index in [-0.39, 0.29) is 12.5 Å². The van der Waals surface area contributed by atoms with Crippen molar-refractivity contribution in [2.24, 2.45) is 5.73 Å². The van der Waals surface area contributed by atoms with Crippen LogP contribution in [0.1, 0.15) is 37.7 Å². The molecule has 1 aromatic carbocycles. The molecule has 2 atom stereocenters. The Balaban J connectivity index is 0.000000387. The molecule has 0 bridgehead atoms. The minimum Gasteiger partial charge on any atom is -0.480 e. The minimum atomic E-state index is -1.07. The molecular formula is C19H27N3O7. The highest BCUT2D eigenvalue weighted by atomic mass is 16.5. The quantitative estimate of drug-likeness (QED) is 0.374. The maximum atomic E-state index is 11.5. The van der Waals surface area contributed by atoms with Gasteiger partial charge in [0.2, 0.25) is 5.91 Å². The van der Waals surface area contributed by atoms with Crippen LogP contribution in [0.2, 0.25) is 0 Å². The zero-order chi connectivity index (χ0) is 21.6. The Morgan fingerprint density at radius 2 is 1.90 bits per heavy atom. The summed E-state index contributed by atoms with van der Waals surface area (Å²) in [4.78, 5) is 43.1. The maximum Gasteiger partial charge on any atom is 0.408 e. The van der Waals surface area contributed by atoms with Crippen molar-refractivity contribution in [3.8, 4) is 0 Å². The average Bonchev–Trinajstić information content (AvgIpc) is 3.14. The van der Waals surface area contributed by atoms with E-state index in [1.54, 1.807) is 0 Å². The molecule has 1 aliphatic heterocycles. The zero-order valence-electron chi connectivity index (χ0n) is 16.0. The van der Waals surface area contributed by atoms with E-state index in [0.717, 1.165) is 12.0 Å². The molecule has 10 heteroatoms. The molecule has 1 saturated heterocycles. The third-order valence-corrected chi connectivity index (χ3v) is 4.04. The largest absolute Gasteiger partial charge is 0.480 e. The van der Waals surface area contributed by atoms with E-state index in [1.165, 1.54) is 0 Å². The van der Waals surface area contributed by atoms with E-state index in [0.29, 0.717) is 32.2 Å². The van der Waals surface area contributed by atoms with Crippen LogP contribution in [0.15, 0.2) is 30.3 Å². The van der Waals surface area contributed by atoms with Crippen LogP contribution in [0.25, 0.3) is 0 Å². The summed E-state index contributed by atoms with van der Waals surface area (Å²) < 4.78 is 4.98. The lowest BCUT2D eigenvalue weighted by molar-refractivity contribution is -0.140. The number of carbonyl (C=O) groups excluding carboxylic acids is 2. The van der Waals surface area contributed by atoms with Crippen molar-refractivity contribution >= 4 is 23.9 Å². The number of carbonyl (C=O) groups is 4. The molecule has 6 N–H and O–H groups in total. The van der Waals surface area contributed by atoms with E-state index >= 15 is 0 Å². The number of ether oxygens (including phenoxy) is 1. The number of unbranched alkanes of at least 4 members (excludes halogenated alkanes) is 1. The summed E-state index contributed by atoms with van der Waals surface area (Å²) in [6, 6.07) is 7.60. The van der Waals surface area contributed by atoms with Crippen LogP contribution < -0.4 is 16.4 Å². The summed E-state index contributed by atoms with van der Waals surface area (Å²) in [6.07, 6.45) is 1.75. The first kappa shape index (κ1) is 23.9. The number of rotatable bonds is 9. The summed E-state index contributed by atoms with van der Waals surface area (Å²) >= 11 is 0. The van der Waals surface area contributed by atoms with Crippen LogP contribution in [0.4, 0.5) is 4.79 Å². The molecule has 1 heterocycles. The molecule has 0 spiro atoms. The molecule has 10 nitrogen and oxygen atoms in total. The standard InChI is InChI=1S/C14H20N2O4.C5H7NO3/c15-9-5-4-8-12(13(17)18)16-14(19)20-10-11-6-2-1-3-7-11;7-4-2-1-3(6-4)5(8)9/h1-3,6-7,12H,4-5,8-10,15H2,(H,16,19)(H,17,18);3H,1-2H2,(H,6,7)(H,8,9)/t;3-/m.0/s1. The molecule has 2 rings (SSSR count). The van der Waals surface area contributed by atoms with Gasteiger partial charge in [-0.05, 0) is 37.8 Å². The number of amides is 2. The van der Waals surface area contributed by atoms with Gasteiger partial charge in [-0.2, -0.15) is 0 Å². The number of hydrogen-bond donors (Lipinski definition) is 5. The second-order valence-corrected chi connectivity index (χ2v) is 6.38. The van der Waals surface area contributed by atoms with Gasteiger partial charge in [-0.1, -0.05) is 30.3 Å². The van der Waals surface area contributed by atoms with Crippen LogP contribution in [0.5, 0.6) is 0 Å². The first-order valence-electron chi connectivity index (χ1n) is 9.25. The molecule has 0 aliphatic carbocycles. The van der Waals surface area contributed by atoms with Crippen molar-refractivity contribution < 1.29 is 34.1 Å². The van der Waals surface area contributed by atoms with Gasteiger partial charge < -0.3 is 31.3 Å². The van der Waals surface area contributed by atoms with Gasteiger partial charge in [-0.3, -0.25) is 4.79 Å². The van der Waals surface area contributed by atoms with Crippen LogP contribution in [-0.4, -0.2) is 52.8 Å². The number of carboxylic acids is 2. The zero-order valence-corrected chi connectivity index (χ0v) is 16.0. The fourth-order valence-electron chi connectivity index (χ4n) is 2.46. The van der Waals surface area contributed by atoms with E-state index < -0.39 is 30.1 Å². The lowest BCUT2D eigenvalue weighted by Gasteiger charge is -2.14. The summed E-state index contributed by atoms with van der Waals surface area (Å²) in [6.45, 7) is 0.618. The first-order chi connectivity index (χ1) is 13.8. The van der Waals surface area contributed by atoms with Crippen LogP contribution in [0.3, 0.4) is 0 Å². The van der Waals surface area contributed by atoms with Gasteiger partial charge in [0.15, 0.2) is 0 Å². The van der Waals surface area contributed by atoms with Crippen molar-refractivity contribution in [3.05, 3.63) is 35.9 Å². The van der Waals surface area contributed by atoms with Crippen molar-refractivity contribution in [1.82, 2.24) is 10.6 Å². The Bertz CT molecular complexity index is 682. The Labute approximate surface area is 168 Å². The molecule has 1 aliphatic rings. The molecule has 1 unspecified atom stereocenters. The number of carboxylic acid groups (broad SMARTS) is 2. The fourth-order valence-corrected chi connectivity index (χ4v) is 2.46. The van der Waals surface area contributed by atoms with Gasteiger partial charge in [-0.25, -0.2) is 14.4 Å². The smallest absolute Gasteiger partial charge is 0.408 e. The van der Waals surface area contributed by atoms with Crippen molar-refractivity contribution in [1.29, 1.82) is 0 Å². The van der Waals surface area contributed by atoms with E-state index in [1.807, 2.05) is 30.3 Å². The summed E-state index contributed by atoms with van der Waals surface area (Å²) in [7, 11) is 0. The van der Waals surface area contributed by atoms with Gasteiger partial charge in [-0.15, -0.1) is 0 Å². The minimum absolute atomic E-state index is 0.113. The van der Waals surface area contributed by atoms with Crippen LogP contribution in [-0.2, 0) is 25.7 Å². The molecule has 1 fully saturated rings. The summed E-state index contributed by atoms with van der Waals surface area (Å²) in [5, 5.41) is 22.0. The first-order valence-corrected chi connectivity index (χ1v) is 9.25. The van der Waals surface area contributed by atoms with Crippen LogP contribution in [0, 0.1) is 0 Å². The number of nitrogens with one attached hydrogen (secondary N) is 2. The van der Waals surface area contributed by atoms with Gasteiger partial charge in [0.05, 0.1) is 0 Å². The number of hydrogen-bond acceptors (Lipinski definition) is 6. The van der Waals surface area contributed by atoms with E-state index in [2.05, 4.69) is 10.6 Å². The monoisotopic (exact) mass is 409 g/mol. The molecule has 1 aromatic rings. The predicted octanol–water partition coefficient (Wildman–Crippen LogP) is 0.845.